The summed E-state index contributed by atoms with van der Waals surface area (Å²) in [6.45, 7) is 12.6. The summed E-state index contributed by atoms with van der Waals surface area (Å²) in [5.74, 6) is 1.14. The molecule has 0 atom stereocenters. The van der Waals surface area contributed by atoms with E-state index in [0.29, 0.717) is 18.3 Å². The standard InChI is InChI=1S/C19H29NO/c1-7-16(12-11-15(6)21)20-19-17(13(2)3)9-8-10-18(19)14(4)5/h8-10,13-14H,7,11-12H2,1-6H3. The number of rotatable bonds is 7. The summed E-state index contributed by atoms with van der Waals surface area (Å²) < 4.78 is 0. The number of Topliss-reactive ketones (excluding diaryl/α,β-unsaturated/α-hetero) is 1. The number of hydrogen-bond acceptors (Lipinski definition) is 2. The van der Waals surface area contributed by atoms with Gasteiger partial charge in [0.25, 0.3) is 0 Å². The van der Waals surface area contributed by atoms with Crippen molar-refractivity contribution in [2.24, 2.45) is 4.99 Å². The Labute approximate surface area is 129 Å². The maximum atomic E-state index is 11.2. The molecule has 0 aromatic heterocycles. The van der Waals surface area contributed by atoms with Gasteiger partial charge >= 0.3 is 0 Å². The Hall–Kier alpha value is -1.44. The fraction of sp³-hybridized carbons (Fsp3) is 0.579. The van der Waals surface area contributed by atoms with Gasteiger partial charge in [-0.2, -0.15) is 0 Å². The van der Waals surface area contributed by atoms with Crippen LogP contribution in [0.15, 0.2) is 23.2 Å². The summed E-state index contributed by atoms with van der Waals surface area (Å²) in [5, 5.41) is 0. The zero-order valence-electron chi connectivity index (χ0n) is 14.4. The maximum absolute atomic E-state index is 11.2. The monoisotopic (exact) mass is 287 g/mol. The van der Waals surface area contributed by atoms with Gasteiger partial charge in [-0.1, -0.05) is 52.8 Å². The van der Waals surface area contributed by atoms with E-state index in [1.54, 1.807) is 6.92 Å². The van der Waals surface area contributed by atoms with Crippen molar-refractivity contribution in [3.63, 3.8) is 0 Å². The first-order chi connectivity index (χ1) is 9.86. The lowest BCUT2D eigenvalue weighted by molar-refractivity contribution is -0.116. The van der Waals surface area contributed by atoms with Crippen molar-refractivity contribution < 1.29 is 4.79 Å². The Morgan fingerprint density at radius 1 is 1.05 bits per heavy atom. The van der Waals surface area contributed by atoms with Crippen LogP contribution in [0.4, 0.5) is 5.69 Å². The molecular formula is C19H29NO. The van der Waals surface area contributed by atoms with Crippen molar-refractivity contribution in [1.29, 1.82) is 0 Å². The summed E-state index contributed by atoms with van der Waals surface area (Å²) in [4.78, 5) is 16.2. The summed E-state index contributed by atoms with van der Waals surface area (Å²) in [6, 6.07) is 6.48. The van der Waals surface area contributed by atoms with Crippen LogP contribution in [0.3, 0.4) is 0 Å². The molecule has 0 N–H and O–H groups in total. The van der Waals surface area contributed by atoms with Crippen LogP contribution in [0.1, 0.15) is 83.8 Å². The minimum atomic E-state index is 0.234. The van der Waals surface area contributed by atoms with Crippen LogP contribution in [-0.4, -0.2) is 11.5 Å². The molecule has 0 saturated heterocycles. The summed E-state index contributed by atoms with van der Waals surface area (Å²) in [7, 11) is 0. The number of hydrogen-bond donors (Lipinski definition) is 0. The topological polar surface area (TPSA) is 29.4 Å². The van der Waals surface area contributed by atoms with Gasteiger partial charge in [0.1, 0.15) is 5.78 Å². The third-order valence-corrected chi connectivity index (χ3v) is 3.79. The van der Waals surface area contributed by atoms with Crippen molar-refractivity contribution in [2.45, 2.75) is 72.6 Å². The molecule has 0 amide bonds. The molecule has 0 radical (unpaired) electrons. The molecule has 0 aliphatic carbocycles. The van der Waals surface area contributed by atoms with E-state index in [9.17, 15) is 4.79 Å². The van der Waals surface area contributed by atoms with Gasteiger partial charge in [0, 0.05) is 12.1 Å². The van der Waals surface area contributed by atoms with Crippen molar-refractivity contribution in [1.82, 2.24) is 0 Å². The van der Waals surface area contributed by atoms with Crippen LogP contribution in [0.25, 0.3) is 0 Å². The van der Waals surface area contributed by atoms with Gasteiger partial charge in [-0.3, -0.25) is 4.99 Å². The van der Waals surface area contributed by atoms with Gasteiger partial charge in [0.15, 0.2) is 0 Å². The molecule has 0 heterocycles. The Bertz CT molecular complexity index is 486. The van der Waals surface area contributed by atoms with Gasteiger partial charge in [0.2, 0.25) is 0 Å². The Morgan fingerprint density at radius 3 is 1.95 bits per heavy atom. The van der Waals surface area contributed by atoms with Crippen LogP contribution < -0.4 is 0 Å². The summed E-state index contributed by atoms with van der Waals surface area (Å²) in [6.07, 6.45) is 2.26. The fourth-order valence-electron chi connectivity index (χ4n) is 2.43. The van der Waals surface area contributed by atoms with Crippen molar-refractivity contribution >= 4 is 17.2 Å². The molecule has 0 aliphatic heterocycles. The average Bonchev–Trinajstić information content (AvgIpc) is 2.42. The molecule has 1 rings (SSSR count). The number of aliphatic imine (C=N–C) groups is 1. The second-order valence-electron chi connectivity index (χ2n) is 6.33. The fourth-order valence-corrected chi connectivity index (χ4v) is 2.43. The zero-order valence-corrected chi connectivity index (χ0v) is 14.4. The molecule has 1 aromatic rings. The van der Waals surface area contributed by atoms with E-state index < -0.39 is 0 Å². The molecule has 2 nitrogen and oxygen atoms in total. The van der Waals surface area contributed by atoms with Crippen molar-refractivity contribution in [3.8, 4) is 0 Å². The Morgan fingerprint density at radius 2 is 1.57 bits per heavy atom. The first-order valence-corrected chi connectivity index (χ1v) is 8.05. The zero-order chi connectivity index (χ0) is 16.0. The largest absolute Gasteiger partial charge is 0.300 e. The molecule has 0 aliphatic rings. The lowest BCUT2D eigenvalue weighted by Gasteiger charge is -2.17. The van der Waals surface area contributed by atoms with Crippen LogP contribution in [0.5, 0.6) is 0 Å². The molecule has 21 heavy (non-hydrogen) atoms. The number of ketones is 1. The lowest BCUT2D eigenvalue weighted by atomic mass is 9.92. The highest BCUT2D eigenvalue weighted by Crippen LogP contribution is 2.35. The van der Waals surface area contributed by atoms with E-state index in [4.69, 9.17) is 4.99 Å². The third kappa shape index (κ3) is 5.11. The molecule has 0 fully saturated rings. The molecule has 1 aromatic carbocycles. The van der Waals surface area contributed by atoms with E-state index in [1.165, 1.54) is 11.1 Å². The SMILES string of the molecule is CCC(CCC(C)=O)=Nc1c(C(C)C)cccc1C(C)C. The van der Waals surface area contributed by atoms with E-state index in [-0.39, 0.29) is 5.78 Å². The van der Waals surface area contributed by atoms with E-state index in [2.05, 4.69) is 52.8 Å². The van der Waals surface area contributed by atoms with Gasteiger partial charge < -0.3 is 4.79 Å². The van der Waals surface area contributed by atoms with Crippen LogP contribution in [0, 0.1) is 0 Å². The third-order valence-electron chi connectivity index (χ3n) is 3.79. The minimum absolute atomic E-state index is 0.234. The number of nitrogens with zero attached hydrogens (tertiary/aromatic N) is 1. The Kier molecular flexibility index (Phi) is 6.80. The smallest absolute Gasteiger partial charge is 0.130 e. The Balaban J connectivity index is 3.27. The first kappa shape index (κ1) is 17.6. The second kappa shape index (κ2) is 8.11. The van der Waals surface area contributed by atoms with Gasteiger partial charge in [0.05, 0.1) is 5.69 Å². The number of benzene rings is 1. The molecule has 0 saturated carbocycles. The van der Waals surface area contributed by atoms with Gasteiger partial charge in [-0.05, 0) is 42.7 Å². The predicted molar refractivity (Wildman–Crippen MR) is 91.9 cm³/mol. The highest BCUT2D eigenvalue weighted by atomic mass is 16.1. The minimum Gasteiger partial charge on any atom is -0.300 e. The number of carbonyl (C=O) groups excluding carboxylic acids is 1. The van der Waals surface area contributed by atoms with Crippen molar-refractivity contribution in [3.05, 3.63) is 29.3 Å². The normalized spacial score (nSPS) is 12.3. The highest BCUT2D eigenvalue weighted by Gasteiger charge is 2.13. The van der Waals surface area contributed by atoms with E-state index >= 15 is 0 Å². The maximum Gasteiger partial charge on any atom is 0.130 e. The molecule has 0 unspecified atom stereocenters. The lowest BCUT2D eigenvalue weighted by Crippen LogP contribution is -2.02. The van der Waals surface area contributed by atoms with Crippen molar-refractivity contribution in [2.75, 3.05) is 0 Å². The highest BCUT2D eigenvalue weighted by molar-refractivity contribution is 5.90. The second-order valence-corrected chi connectivity index (χ2v) is 6.33. The molecular weight excluding hydrogens is 258 g/mol. The quantitative estimate of drug-likeness (QED) is 0.584. The molecule has 116 valence electrons. The van der Waals surface area contributed by atoms with Crippen LogP contribution >= 0.6 is 0 Å². The van der Waals surface area contributed by atoms with Gasteiger partial charge in [-0.15, -0.1) is 0 Å². The van der Waals surface area contributed by atoms with E-state index in [0.717, 1.165) is 24.2 Å². The summed E-state index contributed by atoms with van der Waals surface area (Å²) >= 11 is 0. The number of para-hydroxylation sites is 1. The van der Waals surface area contributed by atoms with Crippen LogP contribution in [-0.2, 0) is 4.79 Å². The number of carbonyl (C=O) groups is 1. The predicted octanol–water partition coefficient (Wildman–Crippen LogP) is 5.79. The first-order valence-electron chi connectivity index (χ1n) is 8.05. The molecule has 0 spiro atoms. The average molecular weight is 287 g/mol. The molecule has 2 heteroatoms. The van der Waals surface area contributed by atoms with E-state index in [1.807, 2.05) is 0 Å². The molecule has 0 bridgehead atoms. The summed E-state index contributed by atoms with van der Waals surface area (Å²) in [5.41, 5.74) is 4.85. The van der Waals surface area contributed by atoms with Gasteiger partial charge in [-0.25, -0.2) is 0 Å². The van der Waals surface area contributed by atoms with Crippen LogP contribution in [0.2, 0.25) is 0 Å².